The van der Waals surface area contributed by atoms with Gasteiger partial charge in [0.2, 0.25) is 5.91 Å². The molecule has 0 bridgehead atoms. The number of piperidine rings is 1. The van der Waals surface area contributed by atoms with Gasteiger partial charge in [0, 0.05) is 32.1 Å². The summed E-state index contributed by atoms with van der Waals surface area (Å²) in [6.45, 7) is 8.05. The van der Waals surface area contributed by atoms with Crippen LogP contribution in [0.3, 0.4) is 0 Å². The summed E-state index contributed by atoms with van der Waals surface area (Å²) in [6, 6.07) is 8.33. The van der Waals surface area contributed by atoms with Gasteiger partial charge in [-0.05, 0) is 38.8 Å². The number of fused-ring (bicyclic) bond motifs is 1. The monoisotopic (exact) mass is 373 g/mol. The molecule has 0 saturated carbocycles. The molecule has 0 spiro atoms. The average Bonchev–Trinajstić information content (AvgIpc) is 3.05. The van der Waals surface area contributed by atoms with Gasteiger partial charge in [-0.2, -0.15) is 0 Å². The van der Waals surface area contributed by atoms with Crippen LogP contribution in [0.2, 0.25) is 0 Å². The number of aromatic nitrogens is 1. The molecular weight excluding hydrogens is 346 g/mol. The number of nitrogens with zero attached hydrogens (tertiary/aromatic N) is 3. The molecule has 2 aliphatic heterocycles. The van der Waals surface area contributed by atoms with Crippen molar-refractivity contribution in [1.29, 1.82) is 0 Å². The molecule has 1 aromatic carbocycles. The molecule has 6 heteroatoms. The van der Waals surface area contributed by atoms with E-state index in [0.717, 1.165) is 44.5 Å². The predicted molar refractivity (Wildman–Crippen MR) is 105 cm³/mol. The van der Waals surface area contributed by atoms with Gasteiger partial charge in [0.05, 0.1) is 34.0 Å². The van der Waals surface area contributed by atoms with E-state index < -0.39 is 0 Å². The van der Waals surface area contributed by atoms with Crippen LogP contribution in [0.25, 0.3) is 10.2 Å². The predicted octanol–water partition coefficient (Wildman–Crippen LogP) is 3.11. The van der Waals surface area contributed by atoms with Gasteiger partial charge in [-0.25, -0.2) is 4.98 Å². The highest BCUT2D eigenvalue weighted by molar-refractivity contribution is 7.18. The molecule has 1 amide bonds. The Morgan fingerprint density at radius 3 is 2.58 bits per heavy atom. The minimum atomic E-state index is 0.205. The van der Waals surface area contributed by atoms with Gasteiger partial charge in [0.25, 0.3) is 0 Å². The van der Waals surface area contributed by atoms with Crippen LogP contribution in [0, 0.1) is 0 Å². The minimum absolute atomic E-state index is 0.205. The zero-order chi connectivity index (χ0) is 18.1. The largest absolute Gasteiger partial charge is 0.373 e. The van der Waals surface area contributed by atoms with Gasteiger partial charge in [-0.3, -0.25) is 9.69 Å². The zero-order valence-electron chi connectivity index (χ0n) is 15.6. The number of ether oxygens (including phenoxy) is 1. The van der Waals surface area contributed by atoms with Gasteiger partial charge in [0.1, 0.15) is 0 Å². The van der Waals surface area contributed by atoms with E-state index in [4.69, 9.17) is 9.72 Å². The Bertz CT molecular complexity index is 726. The molecule has 2 atom stereocenters. The van der Waals surface area contributed by atoms with E-state index in [2.05, 4.69) is 36.9 Å². The summed E-state index contributed by atoms with van der Waals surface area (Å²) in [5.41, 5.74) is 1.10. The van der Waals surface area contributed by atoms with E-state index >= 15 is 0 Å². The number of para-hydroxylation sites is 1. The molecule has 0 N–H and O–H groups in total. The first kappa shape index (κ1) is 17.9. The van der Waals surface area contributed by atoms with E-state index in [9.17, 15) is 4.79 Å². The maximum absolute atomic E-state index is 12.7. The number of likely N-dealkylation sites (tertiary alicyclic amines) is 1. The number of morpholine rings is 1. The Hall–Kier alpha value is -1.50. The number of carbonyl (C=O) groups excluding carboxylic acids is 1. The van der Waals surface area contributed by atoms with E-state index in [0.29, 0.717) is 12.5 Å². The fourth-order valence-electron chi connectivity index (χ4n) is 4.15. The first-order valence-electron chi connectivity index (χ1n) is 9.59. The molecule has 0 aliphatic carbocycles. The molecule has 2 aromatic rings. The highest BCUT2D eigenvalue weighted by Crippen LogP contribution is 2.33. The number of benzene rings is 1. The Labute approximate surface area is 159 Å². The molecule has 2 aliphatic rings. The first-order chi connectivity index (χ1) is 12.6. The standard InChI is InChI=1S/C20H27N3O2S/c1-14-11-22(12-15(2)25-14)13-19(24)23-9-7-16(8-10-23)20-21-17-5-3-4-6-18(17)26-20/h3-6,14-16H,7-13H2,1-2H3/t14-,15+. The molecule has 5 nitrogen and oxygen atoms in total. The summed E-state index contributed by atoms with van der Waals surface area (Å²) in [4.78, 5) is 21.8. The van der Waals surface area contributed by atoms with Crippen molar-refractivity contribution in [2.45, 2.75) is 44.8 Å². The second-order valence-corrected chi connectivity index (χ2v) is 8.69. The SMILES string of the molecule is C[C@@H]1CN(CC(=O)N2CCC(c3nc4ccccc4s3)CC2)C[C@H](C)O1. The van der Waals surface area contributed by atoms with Gasteiger partial charge < -0.3 is 9.64 Å². The summed E-state index contributed by atoms with van der Waals surface area (Å²) < 4.78 is 7.02. The van der Waals surface area contributed by atoms with E-state index in [1.807, 2.05) is 11.0 Å². The second kappa shape index (κ2) is 7.62. The molecule has 0 radical (unpaired) electrons. The van der Waals surface area contributed by atoms with Crippen LogP contribution in [-0.4, -0.2) is 65.6 Å². The van der Waals surface area contributed by atoms with Crippen LogP contribution in [0.5, 0.6) is 0 Å². The lowest BCUT2D eigenvalue weighted by molar-refractivity contribution is -0.136. The fourth-order valence-corrected chi connectivity index (χ4v) is 5.28. The van der Waals surface area contributed by atoms with Crippen molar-refractivity contribution >= 4 is 27.5 Å². The third-order valence-corrected chi connectivity index (χ3v) is 6.56. The number of carbonyl (C=O) groups is 1. The van der Waals surface area contributed by atoms with Crippen molar-refractivity contribution in [3.05, 3.63) is 29.3 Å². The van der Waals surface area contributed by atoms with Crippen LogP contribution in [-0.2, 0) is 9.53 Å². The van der Waals surface area contributed by atoms with Crippen LogP contribution in [0.15, 0.2) is 24.3 Å². The van der Waals surface area contributed by atoms with Crippen LogP contribution >= 0.6 is 11.3 Å². The molecule has 4 rings (SSSR count). The quantitative estimate of drug-likeness (QED) is 0.829. The van der Waals surface area contributed by atoms with Gasteiger partial charge >= 0.3 is 0 Å². The molecule has 140 valence electrons. The average molecular weight is 374 g/mol. The van der Waals surface area contributed by atoms with Crippen LogP contribution < -0.4 is 0 Å². The molecular formula is C20H27N3O2S. The molecule has 1 aromatic heterocycles. The van der Waals surface area contributed by atoms with Gasteiger partial charge in [-0.15, -0.1) is 11.3 Å². The lowest BCUT2D eigenvalue weighted by Gasteiger charge is -2.37. The zero-order valence-corrected chi connectivity index (χ0v) is 16.4. The third kappa shape index (κ3) is 3.92. The topological polar surface area (TPSA) is 45.7 Å². The summed E-state index contributed by atoms with van der Waals surface area (Å²) in [6.07, 6.45) is 2.44. The molecule has 2 saturated heterocycles. The second-order valence-electron chi connectivity index (χ2n) is 7.63. The number of thiazole rings is 1. The van der Waals surface area contributed by atoms with Crippen molar-refractivity contribution < 1.29 is 9.53 Å². The van der Waals surface area contributed by atoms with Crippen molar-refractivity contribution in [2.75, 3.05) is 32.7 Å². The van der Waals surface area contributed by atoms with E-state index in [-0.39, 0.29) is 18.1 Å². The minimum Gasteiger partial charge on any atom is -0.373 e. The van der Waals surface area contributed by atoms with E-state index in [1.165, 1.54) is 9.71 Å². The third-order valence-electron chi connectivity index (χ3n) is 5.36. The van der Waals surface area contributed by atoms with Gasteiger partial charge in [-0.1, -0.05) is 12.1 Å². The molecule has 0 unspecified atom stereocenters. The lowest BCUT2D eigenvalue weighted by atomic mass is 9.97. The van der Waals surface area contributed by atoms with Crippen LogP contribution in [0.1, 0.15) is 37.6 Å². The van der Waals surface area contributed by atoms with Crippen molar-refractivity contribution in [3.8, 4) is 0 Å². The highest BCUT2D eigenvalue weighted by Gasteiger charge is 2.29. The smallest absolute Gasteiger partial charge is 0.236 e. The summed E-state index contributed by atoms with van der Waals surface area (Å²) >= 11 is 1.81. The number of hydrogen-bond donors (Lipinski definition) is 0. The Morgan fingerprint density at radius 1 is 1.19 bits per heavy atom. The van der Waals surface area contributed by atoms with Crippen molar-refractivity contribution in [2.24, 2.45) is 0 Å². The Morgan fingerprint density at radius 2 is 1.88 bits per heavy atom. The van der Waals surface area contributed by atoms with Crippen molar-refractivity contribution in [1.82, 2.24) is 14.8 Å². The van der Waals surface area contributed by atoms with Crippen molar-refractivity contribution in [3.63, 3.8) is 0 Å². The summed E-state index contributed by atoms with van der Waals surface area (Å²) in [5, 5.41) is 1.23. The summed E-state index contributed by atoms with van der Waals surface area (Å²) in [5.74, 6) is 0.744. The van der Waals surface area contributed by atoms with Gasteiger partial charge in [0.15, 0.2) is 0 Å². The maximum atomic E-state index is 12.7. The number of hydrogen-bond acceptors (Lipinski definition) is 5. The summed E-state index contributed by atoms with van der Waals surface area (Å²) in [7, 11) is 0. The fraction of sp³-hybridized carbons (Fsp3) is 0.600. The number of rotatable bonds is 3. The Balaban J connectivity index is 1.32. The van der Waals surface area contributed by atoms with E-state index in [1.54, 1.807) is 11.3 Å². The Kier molecular flexibility index (Phi) is 5.25. The lowest BCUT2D eigenvalue weighted by Crippen LogP contribution is -2.50. The highest BCUT2D eigenvalue weighted by atomic mass is 32.1. The first-order valence-corrected chi connectivity index (χ1v) is 10.4. The van der Waals surface area contributed by atoms with Crippen LogP contribution in [0.4, 0.5) is 0 Å². The molecule has 3 heterocycles. The normalized spacial score (nSPS) is 25.7. The molecule has 26 heavy (non-hydrogen) atoms. The maximum Gasteiger partial charge on any atom is 0.236 e. The number of amides is 1. The molecule has 2 fully saturated rings.